The van der Waals surface area contributed by atoms with Crippen LogP contribution in [-0.4, -0.2) is 42.5 Å². The van der Waals surface area contributed by atoms with E-state index in [1.807, 2.05) is 48.5 Å². The molecular formula is C28H36N2O3. The van der Waals surface area contributed by atoms with Crippen LogP contribution in [0.3, 0.4) is 0 Å². The van der Waals surface area contributed by atoms with Crippen LogP contribution in [-0.2, 0) is 11.2 Å². The van der Waals surface area contributed by atoms with Crippen LogP contribution in [0.2, 0.25) is 0 Å². The number of methoxy groups -OCH3 is 1. The standard InChI is InChI=1S/C28H36N2O3/c1-3-4-20-30-27(32)24-11-7-6-10-23(24)25(28(30)17-8-5-9-18-28)26(31)29-19-16-21-12-14-22(33-2)15-13-21/h6-7,10-15,25H,3-5,8-9,16-20H2,1-2H3,(H,29,31)/t25-/m0/s1. The van der Waals surface area contributed by atoms with Gasteiger partial charge in [0, 0.05) is 18.7 Å². The molecule has 5 heteroatoms. The second-order valence-corrected chi connectivity index (χ2v) is 9.38. The predicted octanol–water partition coefficient (Wildman–Crippen LogP) is 5.10. The van der Waals surface area contributed by atoms with E-state index in [2.05, 4.69) is 17.1 Å². The average Bonchev–Trinajstić information content (AvgIpc) is 2.85. The van der Waals surface area contributed by atoms with Crippen molar-refractivity contribution in [2.75, 3.05) is 20.2 Å². The number of benzene rings is 2. The first-order valence-electron chi connectivity index (χ1n) is 12.4. The molecule has 0 bridgehead atoms. The Morgan fingerprint density at radius 3 is 2.52 bits per heavy atom. The minimum Gasteiger partial charge on any atom is -0.497 e. The summed E-state index contributed by atoms with van der Waals surface area (Å²) >= 11 is 0. The summed E-state index contributed by atoms with van der Waals surface area (Å²) in [4.78, 5) is 29.5. The normalized spacial score (nSPS) is 19.3. The topological polar surface area (TPSA) is 58.6 Å². The summed E-state index contributed by atoms with van der Waals surface area (Å²) in [6, 6.07) is 15.7. The largest absolute Gasteiger partial charge is 0.497 e. The van der Waals surface area contributed by atoms with Crippen molar-refractivity contribution in [1.29, 1.82) is 0 Å². The van der Waals surface area contributed by atoms with Gasteiger partial charge in [-0.15, -0.1) is 0 Å². The molecule has 33 heavy (non-hydrogen) atoms. The minimum atomic E-state index is -0.414. The predicted molar refractivity (Wildman–Crippen MR) is 131 cm³/mol. The molecule has 1 aliphatic carbocycles. The Morgan fingerprint density at radius 1 is 1.09 bits per heavy atom. The average molecular weight is 449 g/mol. The van der Waals surface area contributed by atoms with Gasteiger partial charge in [0.25, 0.3) is 5.91 Å². The Bertz CT molecular complexity index is 963. The van der Waals surface area contributed by atoms with E-state index in [0.717, 1.165) is 68.4 Å². The fourth-order valence-corrected chi connectivity index (χ4v) is 5.71. The van der Waals surface area contributed by atoms with E-state index < -0.39 is 5.54 Å². The molecule has 1 spiro atoms. The third kappa shape index (κ3) is 4.64. The molecule has 1 saturated carbocycles. The van der Waals surface area contributed by atoms with Crippen molar-refractivity contribution < 1.29 is 14.3 Å². The lowest BCUT2D eigenvalue weighted by Gasteiger charge is -2.53. The minimum absolute atomic E-state index is 0.0480. The van der Waals surface area contributed by atoms with Gasteiger partial charge in [-0.3, -0.25) is 9.59 Å². The molecule has 5 nitrogen and oxygen atoms in total. The molecule has 1 N–H and O–H groups in total. The monoisotopic (exact) mass is 448 g/mol. The van der Waals surface area contributed by atoms with Gasteiger partial charge in [0.15, 0.2) is 0 Å². The molecule has 2 aromatic carbocycles. The maximum absolute atomic E-state index is 13.8. The highest BCUT2D eigenvalue weighted by Gasteiger charge is 2.54. The van der Waals surface area contributed by atoms with E-state index in [1.54, 1.807) is 7.11 Å². The number of nitrogens with zero attached hydrogens (tertiary/aromatic N) is 1. The van der Waals surface area contributed by atoms with Gasteiger partial charge >= 0.3 is 0 Å². The summed E-state index contributed by atoms with van der Waals surface area (Å²) in [5.41, 5.74) is 2.34. The smallest absolute Gasteiger partial charge is 0.254 e. The van der Waals surface area contributed by atoms with Crippen molar-refractivity contribution in [3.63, 3.8) is 0 Å². The number of nitrogens with one attached hydrogen (secondary N) is 1. The van der Waals surface area contributed by atoms with Gasteiger partial charge in [0.1, 0.15) is 5.75 Å². The Kier molecular flexibility index (Phi) is 7.36. The summed E-state index contributed by atoms with van der Waals surface area (Å²) in [5, 5.41) is 3.23. The fourth-order valence-electron chi connectivity index (χ4n) is 5.71. The molecular weight excluding hydrogens is 412 g/mol. The van der Waals surface area contributed by atoms with Crippen LogP contribution in [0.15, 0.2) is 48.5 Å². The van der Waals surface area contributed by atoms with Crippen LogP contribution in [0.25, 0.3) is 0 Å². The van der Waals surface area contributed by atoms with E-state index in [4.69, 9.17) is 4.74 Å². The highest BCUT2D eigenvalue weighted by Crippen LogP contribution is 2.49. The van der Waals surface area contributed by atoms with Gasteiger partial charge in [0.05, 0.1) is 18.6 Å². The molecule has 2 amide bonds. The summed E-state index contributed by atoms with van der Waals surface area (Å²) < 4.78 is 5.23. The second kappa shape index (κ2) is 10.4. The van der Waals surface area contributed by atoms with Crippen LogP contribution in [0.4, 0.5) is 0 Å². The number of ether oxygens (including phenoxy) is 1. The Balaban J connectivity index is 1.60. The number of hydrogen-bond acceptors (Lipinski definition) is 3. The van der Waals surface area contributed by atoms with Crippen molar-refractivity contribution in [2.45, 2.75) is 69.7 Å². The van der Waals surface area contributed by atoms with Gasteiger partial charge in [0.2, 0.25) is 5.91 Å². The van der Waals surface area contributed by atoms with Crippen molar-refractivity contribution in [3.05, 3.63) is 65.2 Å². The third-order valence-corrected chi connectivity index (χ3v) is 7.41. The van der Waals surface area contributed by atoms with Crippen LogP contribution in [0.1, 0.15) is 79.3 Å². The Labute approximate surface area is 197 Å². The molecule has 0 saturated heterocycles. The summed E-state index contributed by atoms with van der Waals surface area (Å²) in [7, 11) is 1.66. The highest BCUT2D eigenvalue weighted by molar-refractivity contribution is 6.02. The lowest BCUT2D eigenvalue weighted by Crippen LogP contribution is -2.62. The number of amides is 2. The maximum Gasteiger partial charge on any atom is 0.254 e. The lowest BCUT2D eigenvalue weighted by molar-refractivity contribution is -0.127. The first-order chi connectivity index (χ1) is 16.1. The van der Waals surface area contributed by atoms with E-state index >= 15 is 0 Å². The van der Waals surface area contributed by atoms with Gasteiger partial charge in [-0.2, -0.15) is 0 Å². The molecule has 0 unspecified atom stereocenters. The van der Waals surface area contributed by atoms with Gasteiger partial charge < -0.3 is 15.0 Å². The quantitative estimate of drug-likeness (QED) is 0.611. The van der Waals surface area contributed by atoms with Crippen molar-refractivity contribution in [3.8, 4) is 5.75 Å². The summed E-state index contributed by atoms with van der Waals surface area (Å²) in [6.45, 7) is 3.45. The van der Waals surface area contributed by atoms with E-state index in [0.29, 0.717) is 12.1 Å². The van der Waals surface area contributed by atoms with Gasteiger partial charge in [-0.05, 0) is 55.0 Å². The first-order valence-corrected chi connectivity index (χ1v) is 12.4. The highest BCUT2D eigenvalue weighted by atomic mass is 16.5. The number of fused-ring (bicyclic) bond motifs is 1. The van der Waals surface area contributed by atoms with Crippen LogP contribution in [0, 0.1) is 0 Å². The number of hydrogen-bond donors (Lipinski definition) is 1. The van der Waals surface area contributed by atoms with E-state index in [1.165, 1.54) is 6.42 Å². The molecule has 1 heterocycles. The SMILES string of the molecule is CCCCN1C(=O)c2ccccc2[C@@H](C(=O)NCCc2ccc(OC)cc2)C12CCCCC2. The van der Waals surface area contributed by atoms with Gasteiger partial charge in [-0.25, -0.2) is 0 Å². The molecule has 4 rings (SSSR count). The molecule has 1 atom stereocenters. The Hall–Kier alpha value is -2.82. The lowest BCUT2D eigenvalue weighted by atomic mass is 9.65. The Morgan fingerprint density at radius 2 is 1.82 bits per heavy atom. The second-order valence-electron chi connectivity index (χ2n) is 9.38. The van der Waals surface area contributed by atoms with Crippen molar-refractivity contribution in [1.82, 2.24) is 10.2 Å². The van der Waals surface area contributed by atoms with Crippen LogP contribution in [0.5, 0.6) is 5.75 Å². The molecule has 2 aromatic rings. The van der Waals surface area contributed by atoms with Gasteiger partial charge in [-0.1, -0.05) is 62.9 Å². The first kappa shape index (κ1) is 23.3. The summed E-state index contributed by atoms with van der Waals surface area (Å²) in [6.07, 6.45) is 7.84. The zero-order valence-electron chi connectivity index (χ0n) is 19.9. The molecule has 176 valence electrons. The van der Waals surface area contributed by atoms with Crippen molar-refractivity contribution >= 4 is 11.8 Å². The molecule has 1 aliphatic heterocycles. The zero-order valence-corrected chi connectivity index (χ0v) is 19.9. The number of rotatable bonds is 8. The number of carbonyl (C=O) groups is 2. The molecule has 0 aromatic heterocycles. The third-order valence-electron chi connectivity index (χ3n) is 7.41. The number of carbonyl (C=O) groups excluding carboxylic acids is 2. The summed E-state index contributed by atoms with van der Waals surface area (Å²) in [5.74, 6) is 0.659. The van der Waals surface area contributed by atoms with Crippen LogP contribution >= 0.6 is 0 Å². The van der Waals surface area contributed by atoms with Crippen LogP contribution < -0.4 is 10.1 Å². The molecule has 1 fully saturated rings. The molecule has 2 aliphatic rings. The van der Waals surface area contributed by atoms with E-state index in [-0.39, 0.29) is 17.7 Å². The fraction of sp³-hybridized carbons (Fsp3) is 0.500. The zero-order chi connectivity index (χ0) is 23.3. The van der Waals surface area contributed by atoms with E-state index in [9.17, 15) is 9.59 Å². The molecule has 0 radical (unpaired) electrons. The number of unbranched alkanes of at least 4 members (excludes halogenated alkanes) is 1. The van der Waals surface area contributed by atoms with Crippen molar-refractivity contribution in [2.24, 2.45) is 0 Å². The maximum atomic E-state index is 13.8.